The summed E-state index contributed by atoms with van der Waals surface area (Å²) in [6.07, 6.45) is 0. The van der Waals surface area contributed by atoms with Crippen molar-refractivity contribution in [2.45, 2.75) is 13.8 Å². The van der Waals surface area contributed by atoms with Crippen LogP contribution < -0.4 is 20.1 Å². The first kappa shape index (κ1) is 21.3. The Hall–Kier alpha value is -3.39. The van der Waals surface area contributed by atoms with Crippen LogP contribution in [0.2, 0.25) is 0 Å². The quantitative estimate of drug-likeness (QED) is 0.578. The lowest BCUT2D eigenvalue weighted by Gasteiger charge is -2.13. The number of amides is 2. The smallest absolute Gasteiger partial charge is 0.266 e. The number of carbonyl (C=O) groups is 2. The zero-order chi connectivity index (χ0) is 21.8. The van der Waals surface area contributed by atoms with Gasteiger partial charge in [0.15, 0.2) is 11.5 Å². The molecule has 2 amide bonds. The van der Waals surface area contributed by atoms with Crippen LogP contribution in [0.25, 0.3) is 0 Å². The highest BCUT2D eigenvalue weighted by Crippen LogP contribution is 2.34. The number of anilines is 2. The molecule has 2 aromatic carbocycles. The molecule has 0 aliphatic heterocycles. The first-order chi connectivity index (χ1) is 14.3. The van der Waals surface area contributed by atoms with Gasteiger partial charge in [0.25, 0.3) is 11.8 Å². The molecule has 1 heterocycles. The van der Waals surface area contributed by atoms with Gasteiger partial charge in [0.1, 0.15) is 5.82 Å². The van der Waals surface area contributed by atoms with Crippen molar-refractivity contribution in [2.24, 2.45) is 0 Å². The van der Waals surface area contributed by atoms with Gasteiger partial charge in [0.05, 0.1) is 24.1 Å². The van der Waals surface area contributed by atoms with E-state index in [4.69, 9.17) is 9.47 Å². The number of carbonyl (C=O) groups excluding carboxylic acids is 2. The fourth-order valence-corrected chi connectivity index (χ4v) is 3.84. The van der Waals surface area contributed by atoms with E-state index >= 15 is 0 Å². The Morgan fingerprint density at radius 2 is 1.60 bits per heavy atom. The summed E-state index contributed by atoms with van der Waals surface area (Å²) in [5.41, 5.74) is 2.32. The lowest BCUT2D eigenvalue weighted by Crippen LogP contribution is -2.12. The van der Waals surface area contributed by atoms with Gasteiger partial charge in [-0.3, -0.25) is 9.59 Å². The Balaban J connectivity index is 1.78. The molecule has 30 heavy (non-hydrogen) atoms. The molecule has 0 unspecified atom stereocenters. The summed E-state index contributed by atoms with van der Waals surface area (Å²) in [6, 6.07) is 10.6. The van der Waals surface area contributed by atoms with Gasteiger partial charge in [-0.25, -0.2) is 4.39 Å². The molecule has 6 nitrogen and oxygen atoms in total. The number of benzene rings is 2. The van der Waals surface area contributed by atoms with Crippen LogP contribution in [0.5, 0.6) is 11.5 Å². The maximum absolute atomic E-state index is 13.3. The average Bonchev–Trinajstić information content (AvgIpc) is 3.09. The monoisotopic (exact) mass is 428 g/mol. The molecule has 2 N–H and O–H groups in total. The van der Waals surface area contributed by atoms with Crippen molar-refractivity contribution in [3.63, 3.8) is 0 Å². The zero-order valence-electron chi connectivity index (χ0n) is 17.0. The Morgan fingerprint density at radius 1 is 0.900 bits per heavy atom. The first-order valence-electron chi connectivity index (χ1n) is 9.03. The van der Waals surface area contributed by atoms with Crippen LogP contribution in [-0.2, 0) is 0 Å². The van der Waals surface area contributed by atoms with Crippen molar-refractivity contribution in [2.75, 3.05) is 24.9 Å². The van der Waals surface area contributed by atoms with Crippen molar-refractivity contribution in [1.82, 2.24) is 0 Å². The van der Waals surface area contributed by atoms with E-state index in [0.717, 1.165) is 23.0 Å². The summed E-state index contributed by atoms with van der Waals surface area (Å²) in [6.45, 7) is 3.63. The van der Waals surface area contributed by atoms with Crippen molar-refractivity contribution in [1.29, 1.82) is 0 Å². The van der Waals surface area contributed by atoms with Crippen LogP contribution in [0.3, 0.4) is 0 Å². The van der Waals surface area contributed by atoms with Crippen molar-refractivity contribution >= 4 is 33.8 Å². The molecule has 0 bridgehead atoms. The third-order valence-electron chi connectivity index (χ3n) is 4.43. The topological polar surface area (TPSA) is 76.7 Å². The highest BCUT2D eigenvalue weighted by atomic mass is 32.1. The van der Waals surface area contributed by atoms with Crippen LogP contribution >= 0.6 is 11.3 Å². The predicted molar refractivity (Wildman–Crippen MR) is 116 cm³/mol. The van der Waals surface area contributed by atoms with Gasteiger partial charge in [-0.2, -0.15) is 0 Å². The van der Waals surface area contributed by atoms with E-state index in [1.165, 1.54) is 25.3 Å². The third kappa shape index (κ3) is 4.60. The number of hydrogen-bond donors (Lipinski definition) is 2. The summed E-state index contributed by atoms with van der Waals surface area (Å²) in [5, 5.41) is 6.08. The summed E-state index contributed by atoms with van der Waals surface area (Å²) in [5.74, 6) is -0.167. The van der Waals surface area contributed by atoms with E-state index in [-0.39, 0.29) is 11.5 Å². The van der Waals surface area contributed by atoms with Gasteiger partial charge in [0, 0.05) is 17.3 Å². The molecule has 156 valence electrons. The minimum Gasteiger partial charge on any atom is -0.493 e. The largest absolute Gasteiger partial charge is 0.493 e. The second-order valence-electron chi connectivity index (χ2n) is 6.56. The fourth-order valence-electron chi connectivity index (χ4n) is 2.88. The number of halogens is 1. The van der Waals surface area contributed by atoms with E-state index in [0.29, 0.717) is 32.6 Å². The molecule has 3 rings (SSSR count). The molecule has 0 fully saturated rings. The lowest BCUT2D eigenvalue weighted by molar-refractivity contribution is 0.101. The predicted octanol–water partition coefficient (Wildman–Crippen LogP) is 5.03. The molecule has 0 saturated heterocycles. The van der Waals surface area contributed by atoms with Crippen LogP contribution in [0.4, 0.5) is 15.1 Å². The molecule has 0 aliphatic rings. The van der Waals surface area contributed by atoms with Crippen LogP contribution in [0.1, 0.15) is 31.2 Å². The SMILES string of the molecule is COc1cc(C)c(NC(=O)c2sc(NC(=O)c3cccc(F)c3)cc2C)cc1OC. The molecule has 3 aromatic rings. The minimum atomic E-state index is -0.490. The van der Waals surface area contributed by atoms with Gasteiger partial charge in [-0.1, -0.05) is 6.07 Å². The Bertz CT molecular complexity index is 1110. The second kappa shape index (κ2) is 8.96. The highest BCUT2D eigenvalue weighted by Gasteiger charge is 2.18. The number of ether oxygens (including phenoxy) is 2. The average molecular weight is 428 g/mol. The number of methoxy groups -OCH3 is 2. The first-order valence-corrected chi connectivity index (χ1v) is 9.85. The summed E-state index contributed by atoms with van der Waals surface area (Å²) >= 11 is 1.14. The maximum Gasteiger partial charge on any atom is 0.266 e. The Labute approximate surface area is 177 Å². The Morgan fingerprint density at radius 3 is 2.27 bits per heavy atom. The van der Waals surface area contributed by atoms with Crippen molar-refractivity contribution < 1.29 is 23.5 Å². The van der Waals surface area contributed by atoms with Gasteiger partial charge in [-0.15, -0.1) is 11.3 Å². The normalized spacial score (nSPS) is 10.4. The summed E-state index contributed by atoms with van der Waals surface area (Å²) in [7, 11) is 3.07. The van der Waals surface area contributed by atoms with Gasteiger partial charge in [0.2, 0.25) is 0 Å². The van der Waals surface area contributed by atoms with E-state index in [9.17, 15) is 14.0 Å². The van der Waals surface area contributed by atoms with E-state index in [1.54, 1.807) is 32.2 Å². The van der Waals surface area contributed by atoms with Crippen LogP contribution in [-0.4, -0.2) is 26.0 Å². The molecule has 0 spiro atoms. The number of thiophene rings is 1. The molecule has 0 atom stereocenters. The molecule has 0 aliphatic carbocycles. The van der Waals surface area contributed by atoms with E-state index in [1.807, 2.05) is 6.92 Å². The molecular weight excluding hydrogens is 407 g/mol. The van der Waals surface area contributed by atoms with Gasteiger partial charge in [-0.05, 0) is 55.3 Å². The van der Waals surface area contributed by atoms with Crippen molar-refractivity contribution in [3.8, 4) is 11.5 Å². The molecule has 1 aromatic heterocycles. The number of aryl methyl sites for hydroxylation is 2. The zero-order valence-corrected chi connectivity index (χ0v) is 17.8. The minimum absolute atomic E-state index is 0.202. The van der Waals surface area contributed by atoms with Crippen LogP contribution in [0, 0.1) is 19.7 Å². The molecule has 8 heteroatoms. The van der Waals surface area contributed by atoms with Gasteiger partial charge < -0.3 is 20.1 Å². The third-order valence-corrected chi connectivity index (χ3v) is 5.58. The second-order valence-corrected chi connectivity index (χ2v) is 7.62. The summed E-state index contributed by atoms with van der Waals surface area (Å²) < 4.78 is 23.9. The molecule has 0 radical (unpaired) electrons. The fraction of sp³-hybridized carbons (Fsp3) is 0.182. The van der Waals surface area contributed by atoms with Gasteiger partial charge >= 0.3 is 0 Å². The summed E-state index contributed by atoms with van der Waals surface area (Å²) in [4.78, 5) is 25.6. The highest BCUT2D eigenvalue weighted by molar-refractivity contribution is 7.18. The number of rotatable bonds is 6. The van der Waals surface area contributed by atoms with E-state index < -0.39 is 11.7 Å². The maximum atomic E-state index is 13.3. The molecule has 0 saturated carbocycles. The lowest BCUT2D eigenvalue weighted by atomic mass is 10.1. The number of nitrogens with one attached hydrogen (secondary N) is 2. The van der Waals surface area contributed by atoms with E-state index in [2.05, 4.69) is 10.6 Å². The standard InChI is InChI=1S/C22H21FN2O4S/c1-12-8-17(28-3)18(29-4)11-16(12)24-22(27)20-13(2)9-19(30-20)25-21(26)14-6-5-7-15(23)10-14/h5-11H,1-4H3,(H,24,27)(H,25,26). The number of hydrogen-bond acceptors (Lipinski definition) is 5. The Kier molecular flexibility index (Phi) is 6.37. The van der Waals surface area contributed by atoms with Crippen molar-refractivity contribution in [3.05, 3.63) is 69.8 Å². The molecular formula is C22H21FN2O4S. The van der Waals surface area contributed by atoms with Crippen LogP contribution in [0.15, 0.2) is 42.5 Å².